The molecular formula is C25H23BrF8N6O2. The average molecular weight is 671 g/mol. The van der Waals surface area contributed by atoms with E-state index in [0.29, 0.717) is 12.6 Å². The van der Waals surface area contributed by atoms with Gasteiger partial charge in [-0.2, -0.15) is 13.9 Å². The third-order valence-corrected chi connectivity index (χ3v) is 6.94. The Morgan fingerprint density at radius 3 is 2.40 bits per heavy atom. The van der Waals surface area contributed by atoms with Crippen LogP contribution in [-0.4, -0.2) is 45.9 Å². The van der Waals surface area contributed by atoms with Gasteiger partial charge in [-0.25, -0.2) is 36.3 Å². The minimum absolute atomic E-state index is 0.0693. The van der Waals surface area contributed by atoms with Crippen LogP contribution < -0.4 is 10.6 Å². The average Bonchev–Trinajstić information content (AvgIpc) is 3.29. The number of hydrogen-bond acceptors (Lipinski definition) is 6. The molecule has 0 spiro atoms. The zero-order valence-corrected chi connectivity index (χ0v) is 23.3. The van der Waals surface area contributed by atoms with E-state index >= 15 is 0 Å². The van der Waals surface area contributed by atoms with Crippen LogP contribution in [0.1, 0.15) is 53.5 Å². The lowest BCUT2D eigenvalue weighted by atomic mass is 9.89. The minimum Gasteiger partial charge on any atom is -0.383 e. The van der Waals surface area contributed by atoms with Crippen LogP contribution in [-0.2, 0) is 34.3 Å². The lowest BCUT2D eigenvalue weighted by Gasteiger charge is -2.29. The second-order valence-corrected chi connectivity index (χ2v) is 10.3. The monoisotopic (exact) mass is 670 g/mol. The van der Waals surface area contributed by atoms with Gasteiger partial charge in [0.05, 0.1) is 28.4 Å². The number of anilines is 1. The molecule has 4 rings (SSSR count). The maximum absolute atomic E-state index is 14.8. The van der Waals surface area contributed by atoms with Gasteiger partial charge in [0.1, 0.15) is 29.6 Å². The topological polar surface area (TPSA) is 94.0 Å². The summed E-state index contributed by atoms with van der Waals surface area (Å²) in [4.78, 5) is 21.5. The Bertz CT molecular complexity index is 1430. The van der Waals surface area contributed by atoms with E-state index < -0.39 is 78.2 Å². The van der Waals surface area contributed by atoms with Crippen LogP contribution in [0, 0.1) is 11.6 Å². The Morgan fingerprint density at radius 1 is 1.10 bits per heavy atom. The van der Waals surface area contributed by atoms with Crippen molar-refractivity contribution in [2.45, 2.75) is 50.1 Å². The molecule has 0 unspecified atom stereocenters. The number of nitrogens with one attached hydrogen (secondary N) is 2. The molecule has 2 N–H and O–H groups in total. The molecule has 2 heterocycles. The fraction of sp³-hybridized carbons (Fsp3) is 0.440. The van der Waals surface area contributed by atoms with Gasteiger partial charge in [0, 0.05) is 38.8 Å². The number of carbonyl (C=O) groups excluding carboxylic acids is 1. The van der Waals surface area contributed by atoms with E-state index in [1.807, 2.05) is 0 Å². The van der Waals surface area contributed by atoms with Crippen molar-refractivity contribution in [3.05, 3.63) is 68.7 Å². The van der Waals surface area contributed by atoms with Crippen LogP contribution >= 0.6 is 15.9 Å². The third-order valence-electron chi connectivity index (χ3n) is 6.33. The zero-order chi connectivity index (χ0) is 30.8. The molecule has 1 atom stereocenters. The summed E-state index contributed by atoms with van der Waals surface area (Å²) in [5.74, 6) is -10.8. The van der Waals surface area contributed by atoms with E-state index in [2.05, 4.69) is 41.6 Å². The van der Waals surface area contributed by atoms with Gasteiger partial charge in [0.2, 0.25) is 11.9 Å². The molecule has 0 bridgehead atoms. The molecule has 0 saturated carbocycles. The van der Waals surface area contributed by atoms with Crippen molar-refractivity contribution in [2.75, 3.05) is 25.6 Å². The largest absolute Gasteiger partial charge is 0.383 e. The highest BCUT2D eigenvalue weighted by Gasteiger charge is 2.55. The summed E-state index contributed by atoms with van der Waals surface area (Å²) in [6.07, 6.45) is -5.28. The van der Waals surface area contributed by atoms with Crippen LogP contribution in [0.25, 0.3) is 0 Å². The maximum atomic E-state index is 14.8. The van der Waals surface area contributed by atoms with Gasteiger partial charge in [0.15, 0.2) is 0 Å². The Morgan fingerprint density at radius 2 is 1.76 bits per heavy atom. The Kier molecular flexibility index (Phi) is 9.39. The number of halogens is 9. The quantitative estimate of drug-likeness (QED) is 0.198. The molecule has 17 heteroatoms. The van der Waals surface area contributed by atoms with Crippen LogP contribution in [0.5, 0.6) is 0 Å². The summed E-state index contributed by atoms with van der Waals surface area (Å²) in [7, 11) is 1.47. The molecule has 42 heavy (non-hydrogen) atoms. The molecule has 8 nitrogen and oxygen atoms in total. The van der Waals surface area contributed by atoms with Crippen molar-refractivity contribution in [1.82, 2.24) is 25.1 Å². The predicted octanol–water partition coefficient (Wildman–Crippen LogP) is 5.79. The molecule has 0 radical (unpaired) electrons. The molecule has 0 aliphatic heterocycles. The SMILES string of the molecule is COCCNc1ncc(Br)c([C@H](Cc2cc(F)cc(F)c2)NC(=O)Cn2nc(C(F)F)c3c2C(F)(F)CCC3(F)F)n1. The molecule has 3 aromatic rings. The van der Waals surface area contributed by atoms with Crippen LogP contribution in [0.2, 0.25) is 0 Å². The number of benzene rings is 1. The first-order valence-electron chi connectivity index (χ1n) is 12.4. The fourth-order valence-corrected chi connectivity index (χ4v) is 5.04. The van der Waals surface area contributed by atoms with E-state index in [4.69, 9.17) is 4.74 Å². The lowest BCUT2D eigenvalue weighted by Crippen LogP contribution is -2.37. The minimum atomic E-state index is -4.01. The highest BCUT2D eigenvalue weighted by atomic mass is 79.9. The second kappa shape index (κ2) is 12.5. The maximum Gasteiger partial charge on any atom is 0.290 e. The predicted molar refractivity (Wildman–Crippen MR) is 135 cm³/mol. The van der Waals surface area contributed by atoms with Crippen LogP contribution in [0.3, 0.4) is 0 Å². The Labute approximate surface area is 242 Å². The highest BCUT2D eigenvalue weighted by Crippen LogP contribution is 2.52. The van der Waals surface area contributed by atoms with Gasteiger partial charge in [-0.05, 0) is 40.0 Å². The zero-order valence-electron chi connectivity index (χ0n) is 21.7. The molecule has 0 saturated heterocycles. The first-order valence-corrected chi connectivity index (χ1v) is 13.2. The molecular weight excluding hydrogens is 648 g/mol. The molecule has 0 fully saturated rings. The smallest absolute Gasteiger partial charge is 0.290 e. The third kappa shape index (κ3) is 6.99. The number of fused-ring (bicyclic) bond motifs is 1. The normalized spacial score (nSPS) is 16.3. The highest BCUT2D eigenvalue weighted by molar-refractivity contribution is 9.10. The van der Waals surface area contributed by atoms with E-state index in [-0.39, 0.29) is 39.4 Å². The first kappa shape index (κ1) is 31.6. The number of amides is 1. The number of ether oxygens (including phenoxy) is 1. The van der Waals surface area contributed by atoms with Crippen molar-refractivity contribution in [3.8, 4) is 0 Å². The van der Waals surface area contributed by atoms with Crippen molar-refractivity contribution in [1.29, 1.82) is 0 Å². The standard InChI is InChI=1S/C25H23BrF8N6O2/c1-42-5-4-35-23-36-10-15(26)19(38-23)16(8-12-6-13(27)9-14(28)7-12)37-17(41)11-40-21-18(20(39-40)22(29)30)24(31,32)2-3-25(21,33)34/h6-7,9-10,16,22H,2-5,8,11H2,1H3,(H,37,41)(H,35,36,38)/t16-/m0/s1. The summed E-state index contributed by atoms with van der Waals surface area (Å²) >= 11 is 3.25. The number of rotatable bonds is 11. The molecule has 2 aromatic heterocycles. The molecule has 1 aromatic carbocycles. The number of alkyl halides is 6. The number of methoxy groups -OCH3 is 1. The Balaban J connectivity index is 1.69. The summed E-state index contributed by atoms with van der Waals surface area (Å²) in [6.45, 7) is -0.564. The van der Waals surface area contributed by atoms with Crippen molar-refractivity contribution in [2.24, 2.45) is 0 Å². The van der Waals surface area contributed by atoms with Crippen LogP contribution in [0.15, 0.2) is 28.9 Å². The fourth-order valence-electron chi connectivity index (χ4n) is 4.57. The Hall–Kier alpha value is -3.34. The van der Waals surface area contributed by atoms with E-state index in [0.717, 1.165) is 12.1 Å². The number of nitrogens with zero attached hydrogens (tertiary/aromatic N) is 4. The number of carbonyl (C=O) groups is 1. The van der Waals surface area contributed by atoms with Gasteiger partial charge < -0.3 is 15.4 Å². The van der Waals surface area contributed by atoms with Gasteiger partial charge >= 0.3 is 0 Å². The molecule has 228 valence electrons. The summed E-state index contributed by atoms with van der Waals surface area (Å²) in [5, 5.41) is 8.60. The number of hydrogen-bond donors (Lipinski definition) is 2. The van der Waals surface area contributed by atoms with Gasteiger partial charge in [0.25, 0.3) is 18.3 Å². The number of aromatic nitrogens is 4. The second-order valence-electron chi connectivity index (χ2n) is 9.42. The van der Waals surface area contributed by atoms with Gasteiger partial charge in [-0.15, -0.1) is 0 Å². The molecule has 1 amide bonds. The van der Waals surface area contributed by atoms with E-state index in [9.17, 15) is 39.9 Å². The van der Waals surface area contributed by atoms with E-state index in [1.54, 1.807) is 0 Å². The van der Waals surface area contributed by atoms with Crippen molar-refractivity contribution < 1.29 is 44.7 Å². The van der Waals surface area contributed by atoms with Gasteiger partial charge in [-0.3, -0.25) is 9.48 Å². The van der Waals surface area contributed by atoms with Crippen molar-refractivity contribution >= 4 is 27.8 Å². The molecule has 1 aliphatic carbocycles. The van der Waals surface area contributed by atoms with E-state index in [1.165, 1.54) is 13.3 Å². The summed E-state index contributed by atoms with van der Waals surface area (Å²) in [6, 6.07) is 1.43. The first-order chi connectivity index (χ1) is 19.7. The summed E-state index contributed by atoms with van der Waals surface area (Å²) < 4.78 is 119. The van der Waals surface area contributed by atoms with Gasteiger partial charge in [-0.1, -0.05) is 0 Å². The molecule has 1 aliphatic rings. The summed E-state index contributed by atoms with van der Waals surface area (Å²) in [5.41, 5.74) is -4.45. The van der Waals surface area contributed by atoms with Crippen LogP contribution in [0.4, 0.5) is 41.1 Å². The van der Waals surface area contributed by atoms with Crippen molar-refractivity contribution in [3.63, 3.8) is 0 Å². The lowest BCUT2D eigenvalue weighted by molar-refractivity contribution is -0.123.